The van der Waals surface area contributed by atoms with E-state index >= 15 is 0 Å². The van der Waals surface area contributed by atoms with E-state index < -0.39 is 10.0 Å². The molecular weight excluding hydrogens is 428 g/mol. The summed E-state index contributed by atoms with van der Waals surface area (Å²) in [7, 11) is -3.36. The second-order valence-corrected chi connectivity index (χ2v) is 11.2. The largest absolute Gasteiger partial charge is 0.493 e. The average molecular weight is 465 g/mol. The molecule has 4 aliphatic rings. The molecule has 3 aliphatic heterocycles. The van der Waals surface area contributed by atoms with Crippen LogP contribution in [0.25, 0.3) is 0 Å². The Labute approximate surface area is 191 Å². The molecule has 2 unspecified atom stereocenters. The predicted molar refractivity (Wildman–Crippen MR) is 123 cm³/mol. The minimum Gasteiger partial charge on any atom is -0.493 e. The highest BCUT2D eigenvalue weighted by atomic mass is 32.2. The van der Waals surface area contributed by atoms with Crippen molar-refractivity contribution in [2.75, 3.05) is 26.0 Å². The Hall–Kier alpha value is -1.64. The average Bonchev–Trinajstić information content (AvgIpc) is 2.77. The van der Waals surface area contributed by atoms with E-state index in [4.69, 9.17) is 9.47 Å². The Balaban J connectivity index is 1.51. The maximum atomic E-state index is 13.1. The molecule has 1 saturated heterocycles. The highest BCUT2D eigenvalue weighted by molar-refractivity contribution is 7.88. The number of nitrogens with zero attached hydrogens (tertiary/aromatic N) is 1. The van der Waals surface area contributed by atoms with Gasteiger partial charge in [0.25, 0.3) is 0 Å². The van der Waals surface area contributed by atoms with Gasteiger partial charge >= 0.3 is 0 Å². The third kappa shape index (κ3) is 6.02. The lowest BCUT2D eigenvalue weighted by atomic mass is 9.82. The molecule has 2 atom stereocenters. The van der Waals surface area contributed by atoms with Gasteiger partial charge in [0.15, 0.2) is 0 Å². The van der Waals surface area contributed by atoms with E-state index in [9.17, 15) is 13.2 Å². The number of para-hydroxylation sites is 1. The molecule has 1 saturated carbocycles. The maximum Gasteiger partial charge on any atom is 0.222 e. The van der Waals surface area contributed by atoms with Gasteiger partial charge < -0.3 is 14.4 Å². The van der Waals surface area contributed by atoms with E-state index in [2.05, 4.69) is 22.9 Å². The number of hydrogen-bond donors (Lipinski definition) is 1. The van der Waals surface area contributed by atoms with Crippen LogP contribution in [0.4, 0.5) is 0 Å². The Bertz CT molecular complexity index is 882. The highest BCUT2D eigenvalue weighted by Gasteiger charge is 2.36. The van der Waals surface area contributed by atoms with Crippen molar-refractivity contribution in [1.29, 1.82) is 0 Å². The van der Waals surface area contributed by atoms with Crippen LogP contribution in [-0.2, 0) is 19.6 Å². The zero-order chi connectivity index (χ0) is 22.6. The van der Waals surface area contributed by atoms with Crippen LogP contribution < -0.4 is 9.46 Å². The van der Waals surface area contributed by atoms with Crippen molar-refractivity contribution in [3.8, 4) is 5.75 Å². The summed E-state index contributed by atoms with van der Waals surface area (Å²) >= 11 is 0. The Morgan fingerprint density at radius 1 is 1.03 bits per heavy atom. The van der Waals surface area contributed by atoms with Gasteiger partial charge in [-0.15, -0.1) is 0 Å². The van der Waals surface area contributed by atoms with Crippen LogP contribution >= 0.6 is 0 Å². The van der Waals surface area contributed by atoms with E-state index in [1.807, 2.05) is 11.0 Å². The molecule has 178 valence electrons. The number of carbonyl (C=O) groups is 1. The first-order chi connectivity index (χ1) is 15.4. The fourth-order valence-corrected chi connectivity index (χ4v) is 6.24. The van der Waals surface area contributed by atoms with Crippen LogP contribution in [0.1, 0.15) is 69.3 Å². The van der Waals surface area contributed by atoms with Crippen molar-refractivity contribution in [2.45, 2.75) is 81.9 Å². The molecule has 1 N–H and O–H groups in total. The molecule has 3 heterocycles. The lowest BCUT2D eigenvalue weighted by Crippen LogP contribution is -2.59. The zero-order valence-corrected chi connectivity index (χ0v) is 19.8. The third-order valence-electron chi connectivity index (χ3n) is 7.04. The normalized spacial score (nSPS) is 30.3. The van der Waals surface area contributed by atoms with Gasteiger partial charge in [-0.1, -0.05) is 18.2 Å². The summed E-state index contributed by atoms with van der Waals surface area (Å²) in [6.07, 6.45) is 8.87. The topological polar surface area (TPSA) is 84.9 Å². The number of nitrogens with one attached hydrogen (secondary N) is 1. The fourth-order valence-electron chi connectivity index (χ4n) is 5.41. The minimum absolute atomic E-state index is 0.0785. The molecule has 1 aromatic carbocycles. The van der Waals surface area contributed by atoms with Crippen LogP contribution in [0, 0.1) is 0 Å². The Morgan fingerprint density at radius 2 is 1.81 bits per heavy atom. The molecule has 1 amide bonds. The van der Waals surface area contributed by atoms with Crippen molar-refractivity contribution >= 4 is 15.9 Å². The van der Waals surface area contributed by atoms with Crippen LogP contribution in [0.5, 0.6) is 5.75 Å². The van der Waals surface area contributed by atoms with E-state index in [0.29, 0.717) is 32.1 Å². The SMILES string of the molecule is CS(=O)(=O)NC1CCCN2C(=O)CCCCOc3ccccc3C3CCC(CC3)OCC12. The van der Waals surface area contributed by atoms with Gasteiger partial charge in [-0.05, 0) is 68.9 Å². The summed E-state index contributed by atoms with van der Waals surface area (Å²) in [5, 5.41) is 0. The molecule has 0 spiro atoms. The van der Waals surface area contributed by atoms with Crippen LogP contribution in [0.15, 0.2) is 24.3 Å². The first kappa shape index (κ1) is 23.5. The second-order valence-electron chi connectivity index (χ2n) is 9.44. The van der Waals surface area contributed by atoms with Crippen molar-refractivity contribution < 1.29 is 22.7 Å². The van der Waals surface area contributed by atoms with Crippen molar-refractivity contribution in [3.63, 3.8) is 0 Å². The van der Waals surface area contributed by atoms with Crippen molar-refractivity contribution in [2.24, 2.45) is 0 Å². The molecule has 5 rings (SSSR count). The number of carbonyl (C=O) groups excluding carboxylic acids is 1. The monoisotopic (exact) mass is 464 g/mol. The quantitative estimate of drug-likeness (QED) is 0.727. The molecular formula is C24H36N2O5S. The van der Waals surface area contributed by atoms with Crippen LogP contribution in [0.2, 0.25) is 0 Å². The van der Waals surface area contributed by atoms with Gasteiger partial charge in [0.05, 0.1) is 31.6 Å². The van der Waals surface area contributed by atoms with Gasteiger partial charge in [-0.3, -0.25) is 4.79 Å². The number of sulfonamides is 1. The summed E-state index contributed by atoms with van der Waals surface area (Å²) in [6.45, 7) is 1.64. The summed E-state index contributed by atoms with van der Waals surface area (Å²) in [5.74, 6) is 1.53. The third-order valence-corrected chi connectivity index (χ3v) is 7.77. The molecule has 8 heteroatoms. The van der Waals surface area contributed by atoms with Crippen molar-refractivity contribution in [3.05, 3.63) is 29.8 Å². The van der Waals surface area contributed by atoms with E-state index in [-0.39, 0.29) is 24.1 Å². The molecule has 1 aromatic rings. The molecule has 32 heavy (non-hydrogen) atoms. The number of fused-ring (bicyclic) bond motifs is 8. The predicted octanol–water partition coefficient (Wildman–Crippen LogP) is 3.20. The van der Waals surface area contributed by atoms with Gasteiger partial charge in [0.2, 0.25) is 15.9 Å². The molecule has 0 aromatic heterocycles. The lowest BCUT2D eigenvalue weighted by Gasteiger charge is -2.42. The summed E-state index contributed by atoms with van der Waals surface area (Å²) < 4.78 is 39.1. The smallest absolute Gasteiger partial charge is 0.222 e. The summed E-state index contributed by atoms with van der Waals surface area (Å²) in [4.78, 5) is 14.9. The Kier molecular flexibility index (Phi) is 7.74. The number of hydrogen-bond acceptors (Lipinski definition) is 5. The summed E-state index contributed by atoms with van der Waals surface area (Å²) in [6, 6.07) is 7.78. The first-order valence-electron chi connectivity index (χ1n) is 12.0. The lowest BCUT2D eigenvalue weighted by molar-refractivity contribution is -0.138. The van der Waals surface area contributed by atoms with Gasteiger partial charge in [-0.25, -0.2) is 13.1 Å². The van der Waals surface area contributed by atoms with Gasteiger partial charge in [0, 0.05) is 19.0 Å². The molecule has 2 fully saturated rings. The van der Waals surface area contributed by atoms with Crippen LogP contribution in [0.3, 0.4) is 0 Å². The van der Waals surface area contributed by atoms with Crippen LogP contribution in [-0.4, -0.2) is 63.4 Å². The van der Waals surface area contributed by atoms with E-state index in [1.54, 1.807) is 0 Å². The number of piperidine rings is 1. The number of amides is 1. The van der Waals surface area contributed by atoms with E-state index in [1.165, 1.54) is 11.8 Å². The minimum atomic E-state index is -3.36. The number of ether oxygens (including phenoxy) is 2. The second kappa shape index (κ2) is 10.5. The number of rotatable bonds is 2. The highest BCUT2D eigenvalue weighted by Crippen LogP contribution is 2.38. The Morgan fingerprint density at radius 3 is 2.59 bits per heavy atom. The first-order valence-corrected chi connectivity index (χ1v) is 13.9. The standard InChI is InChI=1S/C24H36N2O5S/c1-32(28,29)25-21-8-6-15-26-22(21)17-31-19-13-11-18(12-14-19)20-7-2-3-9-23(20)30-16-5-4-10-24(26)27/h2-3,7,9,18-19,21-22,25H,4-6,8,10-17H2,1H3. The van der Waals surface area contributed by atoms with Gasteiger partial charge in [-0.2, -0.15) is 0 Å². The zero-order valence-electron chi connectivity index (χ0n) is 19.0. The fraction of sp³-hybridized carbons (Fsp3) is 0.708. The molecule has 1 aliphatic carbocycles. The molecule has 7 nitrogen and oxygen atoms in total. The summed E-state index contributed by atoms with van der Waals surface area (Å²) in [5.41, 5.74) is 1.28. The maximum absolute atomic E-state index is 13.1. The van der Waals surface area contributed by atoms with Gasteiger partial charge in [0.1, 0.15) is 5.75 Å². The molecule has 0 radical (unpaired) electrons. The van der Waals surface area contributed by atoms with Crippen molar-refractivity contribution in [1.82, 2.24) is 9.62 Å². The molecule has 2 bridgehead atoms. The number of benzene rings is 1. The van der Waals surface area contributed by atoms with E-state index in [0.717, 1.165) is 57.1 Å².